The third kappa shape index (κ3) is 4.18. The van der Waals surface area contributed by atoms with Crippen molar-refractivity contribution in [3.05, 3.63) is 68.6 Å². The van der Waals surface area contributed by atoms with Crippen LogP contribution in [0.25, 0.3) is 10.8 Å². The summed E-state index contributed by atoms with van der Waals surface area (Å²) in [5.41, 5.74) is 1.35. The molecular weight excluding hydrogens is 427 g/mol. The van der Waals surface area contributed by atoms with Crippen molar-refractivity contribution in [3.63, 3.8) is 0 Å². The number of carbonyl (C=O) groups excluding carboxylic acids is 1. The Morgan fingerprint density at radius 3 is 2.44 bits per heavy atom. The molecule has 0 aliphatic rings. The average Bonchev–Trinajstić information content (AvgIpc) is 2.58. The Bertz CT molecular complexity index is 946. The lowest BCUT2D eigenvalue weighted by molar-refractivity contribution is 0.252. The molecule has 0 unspecified atom stereocenters. The monoisotopic (exact) mass is 438 g/mol. The second-order valence-corrected chi connectivity index (χ2v) is 7.11. The van der Waals surface area contributed by atoms with Crippen LogP contribution in [0.5, 0.6) is 5.75 Å². The zero-order valence-electron chi connectivity index (χ0n) is 12.8. The van der Waals surface area contributed by atoms with Crippen molar-refractivity contribution in [1.82, 2.24) is 5.32 Å². The molecule has 0 bridgehead atoms. The smallest absolute Gasteiger partial charge is 0.319 e. The molecule has 25 heavy (non-hydrogen) atoms. The van der Waals surface area contributed by atoms with Gasteiger partial charge in [0.25, 0.3) is 0 Å². The Hall–Kier alpha value is -1.95. The largest absolute Gasteiger partial charge is 0.508 e. The van der Waals surface area contributed by atoms with E-state index < -0.39 is 6.03 Å². The SMILES string of the molecule is O=C(NCc1ccc(Br)cc1)Nc1c(Cl)cc(Cl)c2ccc(O)cc12. The Labute approximate surface area is 162 Å². The molecule has 0 atom stereocenters. The van der Waals surface area contributed by atoms with Crippen molar-refractivity contribution in [2.45, 2.75) is 6.54 Å². The summed E-state index contributed by atoms with van der Waals surface area (Å²) in [6, 6.07) is 13.5. The molecule has 0 aromatic heterocycles. The molecule has 0 fully saturated rings. The van der Waals surface area contributed by atoms with Crippen molar-refractivity contribution in [2.24, 2.45) is 0 Å². The van der Waals surface area contributed by atoms with Gasteiger partial charge in [0.2, 0.25) is 0 Å². The van der Waals surface area contributed by atoms with Gasteiger partial charge in [-0.15, -0.1) is 0 Å². The number of carbonyl (C=O) groups is 1. The molecule has 7 heteroatoms. The van der Waals surface area contributed by atoms with Crippen LogP contribution in [-0.2, 0) is 6.54 Å². The maximum Gasteiger partial charge on any atom is 0.319 e. The van der Waals surface area contributed by atoms with Crippen LogP contribution in [-0.4, -0.2) is 11.1 Å². The molecule has 0 aliphatic carbocycles. The third-order valence-electron chi connectivity index (χ3n) is 3.63. The molecule has 0 saturated carbocycles. The molecule has 3 N–H and O–H groups in total. The molecule has 3 aromatic rings. The second-order valence-electron chi connectivity index (χ2n) is 5.38. The van der Waals surface area contributed by atoms with E-state index in [2.05, 4.69) is 26.6 Å². The van der Waals surface area contributed by atoms with Gasteiger partial charge in [-0.25, -0.2) is 4.79 Å². The van der Waals surface area contributed by atoms with E-state index in [-0.39, 0.29) is 5.75 Å². The summed E-state index contributed by atoms with van der Waals surface area (Å²) in [5.74, 6) is 0.0594. The molecule has 0 saturated heterocycles. The minimum absolute atomic E-state index is 0.0594. The fourth-order valence-corrected chi connectivity index (χ4v) is 3.26. The van der Waals surface area contributed by atoms with E-state index in [9.17, 15) is 9.90 Å². The van der Waals surface area contributed by atoms with Crippen LogP contribution in [0.15, 0.2) is 53.0 Å². The molecular formula is C18H13BrCl2N2O2. The van der Waals surface area contributed by atoms with E-state index in [0.29, 0.717) is 33.0 Å². The molecule has 128 valence electrons. The Morgan fingerprint density at radius 2 is 1.72 bits per heavy atom. The van der Waals surface area contributed by atoms with Gasteiger partial charge >= 0.3 is 6.03 Å². The first-order valence-electron chi connectivity index (χ1n) is 7.34. The molecule has 0 heterocycles. The maximum absolute atomic E-state index is 12.2. The van der Waals surface area contributed by atoms with Gasteiger partial charge in [0.1, 0.15) is 5.75 Å². The highest BCUT2D eigenvalue weighted by atomic mass is 79.9. The van der Waals surface area contributed by atoms with Gasteiger partial charge in [0, 0.05) is 21.8 Å². The van der Waals surface area contributed by atoms with Crippen LogP contribution in [0.3, 0.4) is 0 Å². The van der Waals surface area contributed by atoms with Gasteiger partial charge in [-0.2, -0.15) is 0 Å². The predicted molar refractivity (Wildman–Crippen MR) is 106 cm³/mol. The summed E-state index contributed by atoms with van der Waals surface area (Å²) in [5, 5.41) is 17.2. The standard InChI is InChI=1S/C18H13BrCl2N2O2/c19-11-3-1-10(2-4-11)9-22-18(25)23-17-14-7-12(24)5-6-13(14)15(20)8-16(17)21/h1-8,24H,9H2,(H2,22,23,25). The zero-order chi connectivity index (χ0) is 18.0. The molecule has 0 spiro atoms. The quantitative estimate of drug-likeness (QED) is 0.473. The number of anilines is 1. The van der Waals surface area contributed by atoms with Gasteiger partial charge in [0.05, 0.1) is 15.7 Å². The molecule has 0 radical (unpaired) electrons. The van der Waals surface area contributed by atoms with Gasteiger partial charge < -0.3 is 15.7 Å². The van der Waals surface area contributed by atoms with Crippen LogP contribution in [0.4, 0.5) is 10.5 Å². The number of phenolic OH excluding ortho intramolecular Hbond substituents is 1. The number of benzene rings is 3. The zero-order valence-corrected chi connectivity index (χ0v) is 15.9. The van der Waals surface area contributed by atoms with Crippen molar-refractivity contribution in [3.8, 4) is 5.75 Å². The fourth-order valence-electron chi connectivity index (χ4n) is 2.41. The lowest BCUT2D eigenvalue weighted by atomic mass is 10.1. The van der Waals surface area contributed by atoms with Crippen LogP contribution in [0.2, 0.25) is 10.0 Å². The topological polar surface area (TPSA) is 61.4 Å². The van der Waals surface area contributed by atoms with Gasteiger partial charge in [-0.3, -0.25) is 0 Å². The number of rotatable bonds is 3. The van der Waals surface area contributed by atoms with E-state index in [1.165, 1.54) is 12.1 Å². The summed E-state index contributed by atoms with van der Waals surface area (Å²) >= 11 is 15.8. The molecule has 2 amide bonds. The number of aromatic hydroxyl groups is 1. The van der Waals surface area contributed by atoms with Gasteiger partial charge in [-0.05, 0) is 42.0 Å². The first kappa shape index (κ1) is 17.9. The van der Waals surface area contributed by atoms with E-state index >= 15 is 0 Å². The summed E-state index contributed by atoms with van der Waals surface area (Å²) in [7, 11) is 0. The molecule has 3 rings (SSSR count). The minimum Gasteiger partial charge on any atom is -0.508 e. The number of fused-ring (bicyclic) bond motifs is 1. The van der Waals surface area contributed by atoms with Crippen LogP contribution >= 0.6 is 39.1 Å². The number of amides is 2. The number of hydrogen-bond acceptors (Lipinski definition) is 2. The summed E-state index contributed by atoms with van der Waals surface area (Å²) in [4.78, 5) is 12.2. The number of hydrogen-bond donors (Lipinski definition) is 3. The van der Waals surface area contributed by atoms with Gasteiger partial charge in [0.15, 0.2) is 0 Å². The lowest BCUT2D eigenvalue weighted by Gasteiger charge is -2.13. The Balaban J connectivity index is 1.81. The Kier molecular flexibility index (Phi) is 5.37. The predicted octanol–water partition coefficient (Wildman–Crippen LogP) is 5.94. The summed E-state index contributed by atoms with van der Waals surface area (Å²) in [6.45, 7) is 0.369. The van der Waals surface area contributed by atoms with Gasteiger partial charge in [-0.1, -0.05) is 51.3 Å². The van der Waals surface area contributed by atoms with E-state index in [4.69, 9.17) is 23.2 Å². The minimum atomic E-state index is -0.406. The van der Waals surface area contributed by atoms with E-state index in [1.807, 2.05) is 24.3 Å². The van der Waals surface area contributed by atoms with Crippen LogP contribution in [0, 0.1) is 0 Å². The third-order valence-corrected chi connectivity index (χ3v) is 4.77. The Morgan fingerprint density at radius 1 is 1.00 bits per heavy atom. The first-order valence-corrected chi connectivity index (χ1v) is 8.89. The summed E-state index contributed by atoms with van der Waals surface area (Å²) in [6.07, 6.45) is 0. The maximum atomic E-state index is 12.2. The summed E-state index contributed by atoms with van der Waals surface area (Å²) < 4.78 is 0.972. The fraction of sp³-hybridized carbons (Fsp3) is 0.0556. The van der Waals surface area contributed by atoms with Crippen molar-refractivity contribution in [1.29, 1.82) is 0 Å². The van der Waals surface area contributed by atoms with Crippen LogP contribution < -0.4 is 10.6 Å². The second kappa shape index (κ2) is 7.52. The highest BCUT2D eigenvalue weighted by Gasteiger charge is 2.13. The number of nitrogens with one attached hydrogen (secondary N) is 2. The highest BCUT2D eigenvalue weighted by molar-refractivity contribution is 9.10. The van der Waals surface area contributed by atoms with E-state index in [1.54, 1.807) is 12.1 Å². The number of urea groups is 1. The van der Waals surface area contributed by atoms with Crippen molar-refractivity contribution < 1.29 is 9.90 Å². The van der Waals surface area contributed by atoms with E-state index in [0.717, 1.165) is 10.0 Å². The average molecular weight is 440 g/mol. The number of halogens is 3. The normalized spacial score (nSPS) is 10.7. The number of phenols is 1. The van der Waals surface area contributed by atoms with Crippen LogP contribution in [0.1, 0.15) is 5.56 Å². The lowest BCUT2D eigenvalue weighted by Crippen LogP contribution is -2.28. The van der Waals surface area contributed by atoms with Crippen molar-refractivity contribution in [2.75, 3.05) is 5.32 Å². The molecule has 0 aliphatic heterocycles. The highest BCUT2D eigenvalue weighted by Crippen LogP contribution is 2.37. The molecule has 4 nitrogen and oxygen atoms in total. The first-order chi connectivity index (χ1) is 11.9. The molecule has 3 aromatic carbocycles. The van der Waals surface area contributed by atoms with Crippen molar-refractivity contribution >= 4 is 61.6 Å².